The quantitative estimate of drug-likeness (QED) is 0.512. The zero-order chi connectivity index (χ0) is 25.1. The second kappa shape index (κ2) is 10.5. The number of fused-ring (bicyclic) bond motifs is 3. The minimum absolute atomic E-state index is 0.0770. The van der Waals surface area contributed by atoms with Crippen molar-refractivity contribution < 1.29 is 24.2 Å². The molecule has 1 fully saturated rings. The van der Waals surface area contributed by atoms with Crippen molar-refractivity contribution in [1.82, 2.24) is 10.2 Å². The molecule has 0 saturated heterocycles. The van der Waals surface area contributed by atoms with Crippen LogP contribution in [-0.2, 0) is 14.3 Å². The number of hydrogen-bond acceptors (Lipinski definition) is 4. The van der Waals surface area contributed by atoms with E-state index in [0.717, 1.165) is 41.5 Å². The molecule has 35 heavy (non-hydrogen) atoms. The Morgan fingerprint density at radius 3 is 2.11 bits per heavy atom. The summed E-state index contributed by atoms with van der Waals surface area (Å²) in [6.07, 6.45) is 2.17. The second-order valence-corrected chi connectivity index (χ2v) is 9.76. The molecule has 2 aromatic rings. The Morgan fingerprint density at radius 2 is 1.60 bits per heavy atom. The van der Waals surface area contributed by atoms with Gasteiger partial charge in [-0.15, -0.1) is 0 Å². The minimum atomic E-state index is -1.05. The zero-order valence-electron chi connectivity index (χ0n) is 20.6. The molecular weight excluding hydrogens is 444 g/mol. The highest BCUT2D eigenvalue weighted by atomic mass is 16.5. The molecule has 0 spiro atoms. The van der Waals surface area contributed by atoms with Crippen molar-refractivity contribution >= 4 is 18.0 Å². The van der Waals surface area contributed by atoms with E-state index in [1.807, 2.05) is 38.1 Å². The molecule has 0 radical (unpaired) electrons. The van der Waals surface area contributed by atoms with Gasteiger partial charge in [-0.1, -0.05) is 68.8 Å². The van der Waals surface area contributed by atoms with Crippen LogP contribution in [0.3, 0.4) is 0 Å². The van der Waals surface area contributed by atoms with Crippen molar-refractivity contribution in [2.75, 3.05) is 6.61 Å². The van der Waals surface area contributed by atoms with Crippen LogP contribution in [0.4, 0.5) is 4.79 Å². The molecule has 2 aromatic carbocycles. The largest absolute Gasteiger partial charge is 0.480 e. The average Bonchev–Trinajstić information content (AvgIpc) is 3.64. The topological polar surface area (TPSA) is 95.9 Å². The molecule has 7 nitrogen and oxygen atoms in total. The number of carbonyl (C=O) groups excluding carboxylic acids is 2. The van der Waals surface area contributed by atoms with Gasteiger partial charge in [-0.25, -0.2) is 9.59 Å². The SMILES string of the molecule is CCC(C)CC(NC(=O)OCC1c2ccccc2-c2ccccc21)C(=O)N(C1CC1)C(C)C(=O)O. The van der Waals surface area contributed by atoms with Gasteiger partial charge >= 0.3 is 12.1 Å². The number of aliphatic carboxylic acids is 1. The lowest BCUT2D eigenvalue weighted by Gasteiger charge is -2.31. The van der Waals surface area contributed by atoms with E-state index in [0.29, 0.717) is 6.42 Å². The van der Waals surface area contributed by atoms with Gasteiger partial charge < -0.3 is 20.1 Å². The van der Waals surface area contributed by atoms with Crippen molar-refractivity contribution in [3.05, 3.63) is 59.7 Å². The van der Waals surface area contributed by atoms with Gasteiger partial charge in [0.2, 0.25) is 5.91 Å². The van der Waals surface area contributed by atoms with Gasteiger partial charge in [-0.2, -0.15) is 0 Å². The maximum Gasteiger partial charge on any atom is 0.407 e. The molecule has 0 heterocycles. The summed E-state index contributed by atoms with van der Waals surface area (Å²) in [5.74, 6) is -1.30. The van der Waals surface area contributed by atoms with E-state index in [1.165, 1.54) is 11.8 Å². The fourth-order valence-corrected chi connectivity index (χ4v) is 4.91. The predicted octanol–water partition coefficient (Wildman–Crippen LogP) is 4.79. The maximum absolute atomic E-state index is 13.4. The van der Waals surface area contributed by atoms with Crippen LogP contribution in [0.2, 0.25) is 0 Å². The van der Waals surface area contributed by atoms with E-state index < -0.39 is 24.1 Å². The number of amides is 2. The standard InChI is InChI=1S/C28H34N2O5/c1-4-17(2)15-25(26(31)30(19-13-14-19)18(3)27(32)33)29-28(34)35-16-24-22-11-7-5-9-20(22)21-10-6-8-12-23(21)24/h5-12,17-19,24-25H,4,13-16H2,1-3H3,(H,29,34)(H,32,33). The van der Waals surface area contributed by atoms with Crippen LogP contribution >= 0.6 is 0 Å². The third-order valence-corrected chi connectivity index (χ3v) is 7.24. The summed E-state index contributed by atoms with van der Waals surface area (Å²) in [6, 6.07) is 14.4. The van der Waals surface area contributed by atoms with E-state index in [9.17, 15) is 19.5 Å². The summed E-state index contributed by atoms with van der Waals surface area (Å²) >= 11 is 0. The monoisotopic (exact) mass is 478 g/mol. The Hall–Kier alpha value is -3.35. The first-order chi connectivity index (χ1) is 16.8. The first-order valence-electron chi connectivity index (χ1n) is 12.5. The third kappa shape index (κ3) is 5.34. The van der Waals surface area contributed by atoms with Crippen molar-refractivity contribution in [2.45, 2.75) is 70.5 Å². The van der Waals surface area contributed by atoms with E-state index in [2.05, 4.69) is 29.6 Å². The van der Waals surface area contributed by atoms with Crippen molar-refractivity contribution in [1.29, 1.82) is 0 Å². The minimum Gasteiger partial charge on any atom is -0.480 e. The number of alkyl carbamates (subject to hydrolysis) is 1. The van der Waals surface area contributed by atoms with Crippen molar-refractivity contribution in [2.24, 2.45) is 5.92 Å². The lowest BCUT2D eigenvalue weighted by Crippen LogP contribution is -2.54. The van der Waals surface area contributed by atoms with Crippen LogP contribution in [0.5, 0.6) is 0 Å². The van der Waals surface area contributed by atoms with E-state index in [4.69, 9.17) is 4.74 Å². The first-order valence-corrected chi connectivity index (χ1v) is 12.5. The molecule has 0 aromatic heterocycles. The van der Waals surface area contributed by atoms with Crippen molar-refractivity contribution in [3.63, 3.8) is 0 Å². The second-order valence-electron chi connectivity index (χ2n) is 9.76. The van der Waals surface area contributed by atoms with Crippen LogP contribution in [0, 0.1) is 5.92 Å². The molecular formula is C28H34N2O5. The Kier molecular flexibility index (Phi) is 7.43. The molecule has 1 saturated carbocycles. The Bertz CT molecular complexity index is 1050. The summed E-state index contributed by atoms with van der Waals surface area (Å²) in [5, 5.41) is 12.3. The molecule has 4 rings (SSSR count). The highest BCUT2D eigenvalue weighted by molar-refractivity contribution is 5.89. The number of nitrogens with zero attached hydrogens (tertiary/aromatic N) is 1. The fraction of sp³-hybridized carbons (Fsp3) is 0.464. The van der Waals surface area contributed by atoms with E-state index in [1.54, 1.807) is 0 Å². The molecule has 2 N–H and O–H groups in total. The van der Waals surface area contributed by atoms with Gasteiger partial charge in [0.1, 0.15) is 18.7 Å². The number of rotatable bonds is 10. The Morgan fingerprint density at radius 1 is 1.03 bits per heavy atom. The summed E-state index contributed by atoms with van der Waals surface area (Å²) in [4.78, 5) is 39.4. The maximum atomic E-state index is 13.4. The zero-order valence-corrected chi connectivity index (χ0v) is 20.6. The van der Waals surface area contributed by atoms with Gasteiger partial charge in [-0.3, -0.25) is 4.79 Å². The highest BCUT2D eigenvalue weighted by Crippen LogP contribution is 2.44. The average molecular weight is 479 g/mol. The number of carboxylic acids is 1. The normalized spacial score (nSPS) is 17.0. The van der Waals surface area contributed by atoms with Crippen LogP contribution in [0.25, 0.3) is 11.1 Å². The molecule has 2 aliphatic carbocycles. The van der Waals surface area contributed by atoms with Gasteiger partial charge in [0.25, 0.3) is 0 Å². The lowest BCUT2D eigenvalue weighted by molar-refractivity contribution is -0.151. The van der Waals surface area contributed by atoms with Crippen LogP contribution in [-0.4, -0.2) is 52.7 Å². The molecule has 186 valence electrons. The van der Waals surface area contributed by atoms with E-state index in [-0.39, 0.29) is 30.4 Å². The molecule has 0 aliphatic heterocycles. The summed E-state index contributed by atoms with van der Waals surface area (Å²) < 4.78 is 5.66. The summed E-state index contributed by atoms with van der Waals surface area (Å²) in [6.45, 7) is 5.72. The Balaban J connectivity index is 1.47. The van der Waals surface area contributed by atoms with Crippen LogP contribution in [0.15, 0.2) is 48.5 Å². The number of nitrogens with one attached hydrogen (secondary N) is 1. The number of carbonyl (C=O) groups is 3. The third-order valence-electron chi connectivity index (χ3n) is 7.24. The molecule has 0 bridgehead atoms. The highest BCUT2D eigenvalue weighted by Gasteiger charge is 2.41. The number of benzene rings is 2. The molecule has 2 aliphatic rings. The number of hydrogen-bond donors (Lipinski definition) is 2. The lowest BCUT2D eigenvalue weighted by atomic mass is 9.97. The Labute approximate surface area is 206 Å². The van der Waals surface area contributed by atoms with Gasteiger partial charge in [0.15, 0.2) is 0 Å². The van der Waals surface area contributed by atoms with Gasteiger partial charge in [0.05, 0.1) is 0 Å². The van der Waals surface area contributed by atoms with Gasteiger partial charge in [0, 0.05) is 12.0 Å². The molecule has 3 unspecified atom stereocenters. The molecule has 2 amide bonds. The molecule has 3 atom stereocenters. The van der Waals surface area contributed by atoms with Gasteiger partial charge in [-0.05, 0) is 54.4 Å². The van der Waals surface area contributed by atoms with Crippen molar-refractivity contribution in [3.8, 4) is 11.1 Å². The molecule has 7 heteroatoms. The fourth-order valence-electron chi connectivity index (χ4n) is 4.91. The van der Waals surface area contributed by atoms with E-state index >= 15 is 0 Å². The van der Waals surface area contributed by atoms with Crippen LogP contribution in [0.1, 0.15) is 63.5 Å². The first kappa shape index (κ1) is 24.8. The smallest absolute Gasteiger partial charge is 0.407 e. The predicted molar refractivity (Wildman–Crippen MR) is 133 cm³/mol. The summed E-state index contributed by atoms with van der Waals surface area (Å²) in [5.41, 5.74) is 4.52. The summed E-state index contributed by atoms with van der Waals surface area (Å²) in [7, 11) is 0. The number of ether oxygens (including phenoxy) is 1. The number of carboxylic acid groups (broad SMARTS) is 1. The van der Waals surface area contributed by atoms with Crippen LogP contribution < -0.4 is 5.32 Å².